The van der Waals surface area contributed by atoms with Crippen molar-refractivity contribution in [2.24, 2.45) is 0 Å². The Morgan fingerprint density at radius 1 is 0.538 bits per heavy atom. The Morgan fingerprint density at radius 2 is 1.05 bits per heavy atom. The van der Waals surface area contributed by atoms with Gasteiger partial charge < -0.3 is 21.7 Å². The third kappa shape index (κ3) is 7.24. The molecule has 5 aromatic rings. The van der Waals surface area contributed by atoms with Gasteiger partial charge in [0.05, 0.1) is 12.2 Å². The van der Waals surface area contributed by atoms with Gasteiger partial charge in [-0.05, 0) is 79.8 Å². The lowest BCUT2D eigenvalue weighted by atomic mass is 10.1. The molecule has 39 heavy (non-hydrogen) atoms. The Morgan fingerprint density at radius 3 is 1.59 bits per heavy atom. The minimum Gasteiger partial charge on any atom is -1.00 e. The summed E-state index contributed by atoms with van der Waals surface area (Å²) in [5.41, 5.74) is 2.57. The Hall–Kier alpha value is -3.26. The van der Waals surface area contributed by atoms with Crippen LogP contribution < -0.4 is 37.6 Å². The van der Waals surface area contributed by atoms with Crippen molar-refractivity contribution in [1.82, 2.24) is 4.98 Å². The number of pyridine rings is 1. The highest BCUT2D eigenvalue weighted by atomic mass is 79.9. The smallest absolute Gasteiger partial charge is 0.220 e. The van der Waals surface area contributed by atoms with E-state index in [-0.39, 0.29) is 17.0 Å². The predicted molar refractivity (Wildman–Crippen MR) is 163 cm³/mol. The van der Waals surface area contributed by atoms with Crippen LogP contribution in [0.3, 0.4) is 0 Å². The minimum atomic E-state index is -2.01. The van der Waals surface area contributed by atoms with Crippen LogP contribution in [-0.2, 0) is 12.6 Å². The summed E-state index contributed by atoms with van der Waals surface area (Å²) in [6.07, 6.45) is 7.18. The Kier molecular flexibility index (Phi) is 10.9. The first-order valence-electron chi connectivity index (χ1n) is 13.5. The van der Waals surface area contributed by atoms with Gasteiger partial charge in [0.15, 0.2) is 0 Å². The van der Waals surface area contributed by atoms with Crippen LogP contribution in [0.2, 0.25) is 0 Å². The number of aromatic nitrogens is 1. The van der Waals surface area contributed by atoms with E-state index in [1.807, 2.05) is 12.3 Å². The van der Waals surface area contributed by atoms with Crippen LogP contribution in [0.4, 0.5) is 0 Å². The number of hydrogen-bond donors (Lipinski definition) is 0. The van der Waals surface area contributed by atoms with Crippen molar-refractivity contribution in [2.75, 3.05) is 6.61 Å². The van der Waals surface area contributed by atoms with E-state index in [9.17, 15) is 0 Å². The van der Waals surface area contributed by atoms with E-state index in [0.717, 1.165) is 31.3 Å². The van der Waals surface area contributed by atoms with Gasteiger partial charge in [0, 0.05) is 6.20 Å². The molecule has 4 aromatic carbocycles. The first-order chi connectivity index (χ1) is 18.9. The first-order valence-corrected chi connectivity index (χ1v) is 15.5. The summed E-state index contributed by atoms with van der Waals surface area (Å²) in [5, 5.41) is 4.11. The van der Waals surface area contributed by atoms with E-state index in [4.69, 9.17) is 9.72 Å². The molecule has 0 saturated heterocycles. The summed E-state index contributed by atoms with van der Waals surface area (Å²) in [5.74, 6) is 0.766. The number of nitrogens with zero attached hydrogens (tertiary/aromatic N) is 1. The summed E-state index contributed by atoms with van der Waals surface area (Å²) < 4.78 is 6.35. The van der Waals surface area contributed by atoms with Crippen molar-refractivity contribution in [3.8, 4) is 5.88 Å². The molecule has 0 radical (unpaired) electrons. The van der Waals surface area contributed by atoms with E-state index in [1.54, 1.807) is 0 Å². The molecule has 0 amide bonds. The van der Waals surface area contributed by atoms with Gasteiger partial charge in [-0.1, -0.05) is 84.9 Å². The normalized spacial score (nSPS) is 11.0. The molecule has 0 atom stereocenters. The molecule has 0 aliphatic rings. The molecule has 0 aliphatic carbocycles. The van der Waals surface area contributed by atoms with Crippen LogP contribution >= 0.6 is 7.26 Å². The van der Waals surface area contributed by atoms with E-state index in [0.29, 0.717) is 6.61 Å². The Balaban J connectivity index is 0.00000353. The highest BCUT2D eigenvalue weighted by Crippen LogP contribution is 2.58. The van der Waals surface area contributed by atoms with Gasteiger partial charge in [0.1, 0.15) is 29.3 Å². The lowest BCUT2D eigenvalue weighted by Gasteiger charge is -2.28. The number of hydrogen-bond acceptors (Lipinski definition) is 2. The molecule has 1 aromatic heterocycles. The van der Waals surface area contributed by atoms with E-state index in [2.05, 4.69) is 127 Å². The quantitative estimate of drug-likeness (QED) is 0.158. The third-order valence-corrected chi connectivity index (χ3v) is 11.4. The van der Waals surface area contributed by atoms with Crippen LogP contribution in [-0.4, -0.2) is 11.6 Å². The van der Waals surface area contributed by atoms with Gasteiger partial charge in [0.25, 0.3) is 0 Å². The molecule has 0 spiro atoms. The number of ether oxygens (including phenoxy) is 1. The maximum absolute atomic E-state index is 6.35. The summed E-state index contributed by atoms with van der Waals surface area (Å²) in [6.45, 7) is 0.687. The van der Waals surface area contributed by atoms with Crippen LogP contribution in [0.25, 0.3) is 0 Å². The molecule has 1 heterocycles. The molecule has 0 saturated carbocycles. The molecular weight excluding hydrogens is 561 g/mol. The molecular formula is C35H35BrNOP. The summed E-state index contributed by atoms with van der Waals surface area (Å²) in [6, 6.07) is 47.9. The highest BCUT2D eigenvalue weighted by Gasteiger charge is 2.46. The predicted octanol–water partition coefficient (Wildman–Crippen LogP) is 4.37. The number of unbranched alkanes of at least 4 members (excludes halogenated alkanes) is 2. The second kappa shape index (κ2) is 14.8. The average Bonchev–Trinajstić information content (AvgIpc) is 3.00. The topological polar surface area (TPSA) is 22.1 Å². The van der Waals surface area contributed by atoms with Gasteiger partial charge >= 0.3 is 0 Å². The van der Waals surface area contributed by atoms with Gasteiger partial charge in [-0.2, -0.15) is 0 Å². The van der Waals surface area contributed by atoms with Crippen molar-refractivity contribution in [3.63, 3.8) is 0 Å². The largest absolute Gasteiger partial charge is 1.00 e. The Labute approximate surface area is 244 Å². The van der Waals surface area contributed by atoms with Crippen LogP contribution in [0.5, 0.6) is 5.88 Å². The molecule has 2 nitrogen and oxygen atoms in total. The maximum Gasteiger partial charge on any atom is 0.220 e. The zero-order valence-corrected chi connectivity index (χ0v) is 24.7. The zero-order chi connectivity index (χ0) is 25.9. The Bertz CT molecular complexity index is 1290. The zero-order valence-electron chi connectivity index (χ0n) is 22.2. The van der Waals surface area contributed by atoms with Gasteiger partial charge in [-0.3, -0.25) is 0 Å². The van der Waals surface area contributed by atoms with Crippen LogP contribution in [0.1, 0.15) is 30.4 Å². The van der Waals surface area contributed by atoms with E-state index in [1.165, 1.54) is 33.5 Å². The van der Waals surface area contributed by atoms with Crippen molar-refractivity contribution in [3.05, 3.63) is 151 Å². The lowest BCUT2D eigenvalue weighted by Crippen LogP contribution is -3.00. The lowest BCUT2D eigenvalue weighted by molar-refractivity contribution is -0.00000804. The van der Waals surface area contributed by atoms with Crippen molar-refractivity contribution in [2.45, 2.75) is 31.8 Å². The van der Waals surface area contributed by atoms with Crippen LogP contribution in [0.15, 0.2) is 140 Å². The van der Waals surface area contributed by atoms with Crippen LogP contribution in [0, 0.1) is 0 Å². The minimum absolute atomic E-state index is 0. The monoisotopic (exact) mass is 595 g/mol. The molecule has 0 bridgehead atoms. The average molecular weight is 597 g/mol. The number of aryl methyl sites for hydroxylation is 1. The fraction of sp³-hybridized carbons (Fsp3) is 0.171. The fourth-order valence-corrected chi connectivity index (χ4v) is 9.36. The third-order valence-electron chi connectivity index (χ3n) is 7.04. The molecule has 4 heteroatoms. The van der Waals surface area contributed by atoms with Gasteiger partial charge in [-0.25, -0.2) is 4.98 Å². The van der Waals surface area contributed by atoms with Crippen molar-refractivity contribution >= 4 is 23.2 Å². The highest BCUT2D eigenvalue weighted by molar-refractivity contribution is 7.95. The SMILES string of the molecule is [Br-].c1ccc(CCCCCOc2ncccc2C[P+](c2ccccc2)(c2ccccc2)c2ccccc2)cc1. The van der Waals surface area contributed by atoms with E-state index < -0.39 is 7.26 Å². The second-order valence-corrected chi connectivity index (χ2v) is 13.1. The molecule has 0 unspecified atom stereocenters. The maximum atomic E-state index is 6.35. The molecule has 0 N–H and O–H groups in total. The summed E-state index contributed by atoms with van der Waals surface area (Å²) in [4.78, 5) is 4.70. The second-order valence-electron chi connectivity index (χ2n) is 9.59. The number of benzene rings is 4. The van der Waals surface area contributed by atoms with E-state index >= 15 is 0 Å². The number of rotatable bonds is 12. The first kappa shape index (κ1) is 28.7. The molecule has 0 fully saturated rings. The molecule has 5 rings (SSSR count). The van der Waals surface area contributed by atoms with Crippen molar-refractivity contribution in [1.29, 1.82) is 0 Å². The fourth-order valence-electron chi connectivity index (χ4n) is 5.12. The van der Waals surface area contributed by atoms with Crippen molar-refractivity contribution < 1.29 is 21.7 Å². The molecule has 198 valence electrons. The standard InChI is InChI=1S/C35H35NOP.BrH/c1-6-17-30(18-7-1)19-8-5-15-28-37-35-31(20-16-27-36-35)29-38(32-21-9-2-10-22-32,33-23-11-3-12-24-33)34-25-13-4-14-26-34;/h1-4,6-7,9-14,16-18,20-27H,5,8,15,19,28-29H2;1H/q+1;/p-1. The summed E-state index contributed by atoms with van der Waals surface area (Å²) in [7, 11) is -2.01. The summed E-state index contributed by atoms with van der Waals surface area (Å²) >= 11 is 0. The molecule has 0 aliphatic heterocycles. The van der Waals surface area contributed by atoms with Gasteiger partial charge in [0.2, 0.25) is 5.88 Å². The van der Waals surface area contributed by atoms with Gasteiger partial charge in [-0.15, -0.1) is 0 Å². The number of halogens is 1.